The van der Waals surface area contributed by atoms with Gasteiger partial charge in [-0.25, -0.2) is 9.78 Å². The predicted molar refractivity (Wildman–Crippen MR) is 74.4 cm³/mol. The highest BCUT2D eigenvalue weighted by atomic mass is 16.5. The highest BCUT2D eigenvalue weighted by Crippen LogP contribution is 2.16. The Morgan fingerprint density at radius 1 is 1.53 bits per heavy atom. The van der Waals surface area contributed by atoms with E-state index in [2.05, 4.69) is 4.98 Å². The second-order valence-electron chi connectivity index (χ2n) is 5.53. The quantitative estimate of drug-likeness (QED) is 0.824. The van der Waals surface area contributed by atoms with E-state index in [1.165, 1.54) is 0 Å². The van der Waals surface area contributed by atoms with Crippen LogP contribution < -0.4 is 4.90 Å². The van der Waals surface area contributed by atoms with Gasteiger partial charge in [0.05, 0.1) is 11.2 Å². The first-order chi connectivity index (χ1) is 8.69. The number of esters is 1. The van der Waals surface area contributed by atoms with Crippen LogP contribution >= 0.6 is 0 Å². The van der Waals surface area contributed by atoms with Gasteiger partial charge in [0.15, 0.2) is 0 Å². The highest BCUT2D eigenvalue weighted by Gasteiger charge is 2.21. The van der Waals surface area contributed by atoms with E-state index < -0.39 is 11.6 Å². The number of hydrogen-bond donors (Lipinski definition) is 1. The first-order valence-electron chi connectivity index (χ1n) is 6.26. The largest absolute Gasteiger partial charge is 0.459 e. The van der Waals surface area contributed by atoms with Gasteiger partial charge in [-0.05, 0) is 32.9 Å². The molecule has 1 aromatic heterocycles. The lowest BCUT2D eigenvalue weighted by atomic mass is 10.0. The number of hydrogen-bond acceptors (Lipinski definition) is 5. The van der Waals surface area contributed by atoms with Gasteiger partial charge in [-0.1, -0.05) is 0 Å². The smallest absolute Gasteiger partial charge is 0.338 e. The van der Waals surface area contributed by atoms with Gasteiger partial charge in [-0.3, -0.25) is 0 Å². The van der Waals surface area contributed by atoms with Crippen LogP contribution in [0.4, 0.5) is 5.82 Å². The Hall–Kier alpha value is -1.62. The Morgan fingerprint density at radius 2 is 2.16 bits per heavy atom. The molecule has 1 N–H and O–H groups in total. The number of anilines is 1. The summed E-state index contributed by atoms with van der Waals surface area (Å²) in [5.41, 5.74) is -0.395. The molecular formula is C14H22N2O3. The minimum atomic E-state index is -0.854. The first-order valence-corrected chi connectivity index (χ1v) is 6.26. The van der Waals surface area contributed by atoms with Gasteiger partial charge < -0.3 is 14.7 Å². The van der Waals surface area contributed by atoms with Crippen LogP contribution in [0, 0.1) is 0 Å². The van der Waals surface area contributed by atoms with Gasteiger partial charge in [0.1, 0.15) is 11.9 Å². The molecule has 0 spiro atoms. The molecule has 0 unspecified atom stereocenters. The van der Waals surface area contributed by atoms with Crippen LogP contribution in [0.1, 0.15) is 37.6 Å². The van der Waals surface area contributed by atoms with E-state index in [9.17, 15) is 9.90 Å². The van der Waals surface area contributed by atoms with Crippen LogP contribution in [-0.4, -0.2) is 41.9 Å². The van der Waals surface area contributed by atoms with Crippen molar-refractivity contribution < 1.29 is 14.6 Å². The molecule has 0 bridgehead atoms. The maximum atomic E-state index is 12.0. The summed E-state index contributed by atoms with van der Waals surface area (Å²) < 4.78 is 5.30. The van der Waals surface area contributed by atoms with E-state index in [0.717, 1.165) is 0 Å². The fourth-order valence-electron chi connectivity index (χ4n) is 1.79. The number of carbonyl (C=O) groups excluding carboxylic acids is 1. The number of aliphatic hydroxyl groups is 1. The average molecular weight is 266 g/mol. The topological polar surface area (TPSA) is 62.7 Å². The fourth-order valence-corrected chi connectivity index (χ4v) is 1.79. The van der Waals surface area contributed by atoms with Crippen molar-refractivity contribution in [3.63, 3.8) is 0 Å². The molecule has 5 nitrogen and oxygen atoms in total. The number of ether oxygens (including phenoxy) is 1. The minimum absolute atomic E-state index is 0.344. The third-order valence-electron chi connectivity index (χ3n) is 2.53. The number of aromatic nitrogens is 1. The molecule has 0 aromatic carbocycles. The van der Waals surface area contributed by atoms with Crippen LogP contribution in [0.2, 0.25) is 0 Å². The molecule has 0 fully saturated rings. The number of pyridine rings is 1. The van der Waals surface area contributed by atoms with Gasteiger partial charge in [0, 0.05) is 26.7 Å². The molecule has 0 aliphatic heterocycles. The van der Waals surface area contributed by atoms with E-state index in [4.69, 9.17) is 4.74 Å². The van der Waals surface area contributed by atoms with Crippen molar-refractivity contribution in [2.75, 3.05) is 19.0 Å². The van der Waals surface area contributed by atoms with Crippen LogP contribution in [0.15, 0.2) is 18.3 Å². The van der Waals surface area contributed by atoms with E-state index in [0.29, 0.717) is 17.8 Å². The zero-order valence-electron chi connectivity index (χ0n) is 12.2. The zero-order valence-corrected chi connectivity index (χ0v) is 12.2. The molecule has 1 aromatic rings. The highest BCUT2D eigenvalue weighted by molar-refractivity contribution is 5.90. The molecule has 0 aliphatic carbocycles. The number of carbonyl (C=O) groups is 1. The maximum absolute atomic E-state index is 12.0. The van der Waals surface area contributed by atoms with Crippen LogP contribution in [0.3, 0.4) is 0 Å². The second-order valence-corrected chi connectivity index (χ2v) is 5.53. The van der Waals surface area contributed by atoms with Crippen LogP contribution in [-0.2, 0) is 4.74 Å². The standard InChI is InChI=1S/C14H22N2O3/c1-10(9-14(2,3)18)19-13(17)11-6-7-15-12(8-11)16(4)5/h6-8,10,18H,9H2,1-5H3/t10-/m1/s1. The van der Waals surface area contributed by atoms with Crippen molar-refractivity contribution in [1.29, 1.82) is 0 Å². The summed E-state index contributed by atoms with van der Waals surface area (Å²) in [6.07, 6.45) is 1.63. The van der Waals surface area contributed by atoms with Crippen molar-refractivity contribution in [2.45, 2.75) is 38.9 Å². The van der Waals surface area contributed by atoms with Crippen molar-refractivity contribution in [3.05, 3.63) is 23.9 Å². The van der Waals surface area contributed by atoms with Gasteiger partial charge >= 0.3 is 5.97 Å². The van der Waals surface area contributed by atoms with Crippen LogP contribution in [0.5, 0.6) is 0 Å². The third kappa shape index (κ3) is 5.26. The summed E-state index contributed by atoms with van der Waals surface area (Å²) in [4.78, 5) is 17.9. The predicted octanol–water partition coefficient (Wildman–Crippen LogP) is 1.85. The van der Waals surface area contributed by atoms with E-state index in [1.807, 2.05) is 19.0 Å². The normalized spacial score (nSPS) is 12.9. The summed E-state index contributed by atoms with van der Waals surface area (Å²) in [5, 5.41) is 9.68. The maximum Gasteiger partial charge on any atom is 0.338 e. The van der Waals surface area contributed by atoms with Gasteiger partial charge in [-0.2, -0.15) is 0 Å². The summed E-state index contributed by atoms with van der Waals surface area (Å²) in [5.74, 6) is 0.298. The zero-order chi connectivity index (χ0) is 14.6. The van der Waals surface area contributed by atoms with Crippen molar-refractivity contribution in [1.82, 2.24) is 4.98 Å². The molecule has 5 heteroatoms. The lowest BCUT2D eigenvalue weighted by molar-refractivity contribution is -0.00249. The Bertz CT molecular complexity index is 439. The van der Waals surface area contributed by atoms with Crippen LogP contribution in [0.25, 0.3) is 0 Å². The molecule has 0 aliphatic rings. The molecule has 0 saturated carbocycles. The second kappa shape index (κ2) is 6.02. The summed E-state index contributed by atoms with van der Waals surface area (Å²) in [6, 6.07) is 3.30. The van der Waals surface area contributed by atoms with E-state index in [1.54, 1.807) is 39.1 Å². The molecule has 1 atom stereocenters. The Labute approximate surface area is 114 Å². The van der Waals surface area contributed by atoms with Gasteiger partial charge in [0.2, 0.25) is 0 Å². The Morgan fingerprint density at radius 3 is 2.68 bits per heavy atom. The molecule has 19 heavy (non-hydrogen) atoms. The van der Waals surface area contributed by atoms with Crippen molar-refractivity contribution >= 4 is 11.8 Å². The monoisotopic (exact) mass is 266 g/mol. The van der Waals surface area contributed by atoms with Crippen molar-refractivity contribution in [2.24, 2.45) is 0 Å². The fraction of sp³-hybridized carbons (Fsp3) is 0.571. The third-order valence-corrected chi connectivity index (χ3v) is 2.53. The minimum Gasteiger partial charge on any atom is -0.459 e. The van der Waals surface area contributed by atoms with Gasteiger partial charge in [-0.15, -0.1) is 0 Å². The first kappa shape index (κ1) is 15.4. The molecule has 1 rings (SSSR count). The summed E-state index contributed by atoms with van der Waals surface area (Å²) in [6.45, 7) is 5.14. The van der Waals surface area contributed by atoms with E-state index in [-0.39, 0.29) is 6.10 Å². The molecule has 0 radical (unpaired) electrons. The van der Waals surface area contributed by atoms with Gasteiger partial charge in [0.25, 0.3) is 0 Å². The molecule has 106 valence electrons. The number of rotatable bonds is 5. The Kier molecular flexibility index (Phi) is 4.89. The molecule has 1 heterocycles. The molecule has 0 saturated heterocycles. The summed E-state index contributed by atoms with van der Waals surface area (Å²) in [7, 11) is 3.71. The van der Waals surface area contributed by atoms with Crippen molar-refractivity contribution in [3.8, 4) is 0 Å². The molecule has 0 amide bonds. The summed E-state index contributed by atoms with van der Waals surface area (Å²) >= 11 is 0. The molecular weight excluding hydrogens is 244 g/mol. The lowest BCUT2D eigenvalue weighted by Crippen LogP contribution is -2.28. The number of nitrogens with zero attached hydrogens (tertiary/aromatic N) is 2. The van der Waals surface area contributed by atoms with E-state index >= 15 is 0 Å². The Balaban J connectivity index is 2.70. The lowest BCUT2D eigenvalue weighted by Gasteiger charge is -2.22. The average Bonchev–Trinajstić information content (AvgIpc) is 2.26. The SMILES string of the molecule is C[C@H](CC(C)(C)O)OC(=O)c1ccnc(N(C)C)c1.